The van der Waals surface area contributed by atoms with E-state index in [4.69, 9.17) is 14.3 Å². The first kappa shape index (κ1) is 18.3. The summed E-state index contributed by atoms with van der Waals surface area (Å²) < 4.78 is 9.86. The summed E-state index contributed by atoms with van der Waals surface area (Å²) in [5.74, 6) is -0.794. The van der Waals surface area contributed by atoms with Crippen LogP contribution in [0.1, 0.15) is 33.5 Å². The molecule has 128 valence electrons. The number of carbonyl (C=O) groups excluding carboxylic acids is 2. The first-order chi connectivity index (χ1) is 10.8. The van der Waals surface area contributed by atoms with E-state index < -0.39 is 17.7 Å². The molecule has 0 aliphatic rings. The average Bonchev–Trinajstić information content (AvgIpc) is 2.94. The van der Waals surface area contributed by atoms with E-state index in [1.165, 1.54) is 0 Å². The number of alkyl carbamates (subject to hydrolysis) is 1. The lowest BCUT2D eigenvalue weighted by Gasteiger charge is -2.19. The number of amides is 1. The standard InChI is InChI=1S/C12H20N6O5/c1-5-21-10(19)8(9-14-17-18-15-9)16-22-7-6-13-11(20)23-12(2,3)4/h5-7H2,1-4H3,(H,13,20)(H,14,15,17,18)/b16-8+. The van der Waals surface area contributed by atoms with Gasteiger partial charge in [0.1, 0.15) is 12.2 Å². The number of hydrogen-bond acceptors (Lipinski definition) is 9. The largest absolute Gasteiger partial charge is 0.461 e. The molecule has 11 heteroatoms. The van der Waals surface area contributed by atoms with Crippen LogP contribution < -0.4 is 5.32 Å². The lowest BCUT2D eigenvalue weighted by atomic mass is 10.2. The molecule has 0 atom stereocenters. The Hall–Kier alpha value is -2.72. The molecule has 0 unspecified atom stereocenters. The third kappa shape index (κ3) is 7.20. The molecule has 1 rings (SSSR count). The predicted octanol–water partition coefficient (Wildman–Crippen LogP) is 0.00820. The molecule has 0 spiro atoms. The summed E-state index contributed by atoms with van der Waals surface area (Å²) in [6, 6.07) is 0. The number of ether oxygens (including phenoxy) is 2. The Kier molecular flexibility index (Phi) is 6.90. The number of tetrazole rings is 1. The van der Waals surface area contributed by atoms with Crippen molar-refractivity contribution in [3.63, 3.8) is 0 Å². The van der Waals surface area contributed by atoms with E-state index >= 15 is 0 Å². The Morgan fingerprint density at radius 3 is 2.65 bits per heavy atom. The Bertz CT molecular complexity index is 537. The second-order valence-electron chi connectivity index (χ2n) is 5.16. The van der Waals surface area contributed by atoms with Crippen molar-refractivity contribution < 1.29 is 23.9 Å². The van der Waals surface area contributed by atoms with Crippen molar-refractivity contribution in [3.05, 3.63) is 5.82 Å². The molecule has 0 saturated carbocycles. The maximum atomic E-state index is 11.7. The van der Waals surface area contributed by atoms with Gasteiger partial charge in [0.2, 0.25) is 11.5 Å². The van der Waals surface area contributed by atoms with Gasteiger partial charge in [0, 0.05) is 0 Å². The summed E-state index contributed by atoms with van der Waals surface area (Å²) in [6.07, 6.45) is -0.575. The minimum atomic E-state index is -0.742. The molecule has 0 radical (unpaired) electrons. The zero-order valence-corrected chi connectivity index (χ0v) is 13.5. The van der Waals surface area contributed by atoms with Crippen LogP contribution in [0, 0.1) is 0 Å². The highest BCUT2D eigenvalue weighted by Gasteiger charge is 2.21. The molecule has 1 heterocycles. The molecular formula is C12H20N6O5. The van der Waals surface area contributed by atoms with Crippen LogP contribution >= 0.6 is 0 Å². The second-order valence-corrected chi connectivity index (χ2v) is 5.16. The first-order valence-corrected chi connectivity index (χ1v) is 6.91. The van der Waals surface area contributed by atoms with Crippen LogP contribution in [0.5, 0.6) is 0 Å². The number of H-pyrrole nitrogens is 1. The van der Waals surface area contributed by atoms with Crippen LogP contribution in [0.2, 0.25) is 0 Å². The summed E-state index contributed by atoms with van der Waals surface area (Å²) in [6.45, 7) is 7.23. The van der Waals surface area contributed by atoms with E-state index in [-0.39, 0.29) is 31.3 Å². The highest BCUT2D eigenvalue weighted by Crippen LogP contribution is 2.06. The number of nitrogens with zero attached hydrogens (tertiary/aromatic N) is 4. The van der Waals surface area contributed by atoms with Gasteiger partial charge in [-0.25, -0.2) is 9.59 Å². The average molecular weight is 328 g/mol. The lowest BCUT2D eigenvalue weighted by molar-refractivity contribution is -0.135. The van der Waals surface area contributed by atoms with Gasteiger partial charge < -0.3 is 19.6 Å². The van der Waals surface area contributed by atoms with Crippen molar-refractivity contribution in [1.29, 1.82) is 0 Å². The molecule has 2 N–H and O–H groups in total. The number of nitrogens with one attached hydrogen (secondary N) is 2. The molecule has 0 aliphatic carbocycles. The van der Waals surface area contributed by atoms with Gasteiger partial charge in [0.05, 0.1) is 13.2 Å². The predicted molar refractivity (Wildman–Crippen MR) is 77.5 cm³/mol. The molecule has 1 aromatic rings. The normalized spacial score (nSPS) is 11.7. The van der Waals surface area contributed by atoms with Gasteiger partial charge in [-0.1, -0.05) is 5.16 Å². The first-order valence-electron chi connectivity index (χ1n) is 6.91. The van der Waals surface area contributed by atoms with Crippen molar-refractivity contribution >= 4 is 17.8 Å². The van der Waals surface area contributed by atoms with Crippen LogP contribution in [0.3, 0.4) is 0 Å². The van der Waals surface area contributed by atoms with Gasteiger partial charge in [0.15, 0.2) is 0 Å². The number of hydrogen-bond donors (Lipinski definition) is 2. The zero-order valence-electron chi connectivity index (χ0n) is 13.5. The van der Waals surface area contributed by atoms with E-state index in [0.717, 1.165) is 0 Å². The SMILES string of the molecule is CCOC(=O)/C(=N/OCCNC(=O)OC(C)(C)C)c1nn[nH]n1. The third-order valence-corrected chi connectivity index (χ3v) is 2.04. The zero-order chi connectivity index (χ0) is 17.3. The van der Waals surface area contributed by atoms with Crippen LogP contribution in [-0.2, 0) is 19.1 Å². The Balaban J connectivity index is 2.46. The fraction of sp³-hybridized carbons (Fsp3) is 0.667. The van der Waals surface area contributed by atoms with Gasteiger partial charge in [-0.3, -0.25) is 0 Å². The number of esters is 1. The maximum Gasteiger partial charge on any atom is 0.407 e. The summed E-state index contributed by atoms with van der Waals surface area (Å²) in [5, 5.41) is 18.9. The van der Waals surface area contributed by atoms with Crippen molar-refractivity contribution in [2.45, 2.75) is 33.3 Å². The van der Waals surface area contributed by atoms with Crippen molar-refractivity contribution in [2.75, 3.05) is 19.8 Å². The van der Waals surface area contributed by atoms with Gasteiger partial charge in [0.25, 0.3) is 0 Å². The van der Waals surface area contributed by atoms with Gasteiger partial charge in [-0.2, -0.15) is 5.21 Å². The summed E-state index contributed by atoms with van der Waals surface area (Å²) in [4.78, 5) is 28.1. The quantitative estimate of drug-likeness (QED) is 0.308. The van der Waals surface area contributed by atoms with Crippen molar-refractivity contribution in [3.8, 4) is 0 Å². The number of aromatic nitrogens is 4. The Labute approximate surface area is 132 Å². The lowest BCUT2D eigenvalue weighted by Crippen LogP contribution is -2.34. The molecule has 1 amide bonds. The molecule has 23 heavy (non-hydrogen) atoms. The second kappa shape index (κ2) is 8.66. The monoisotopic (exact) mass is 328 g/mol. The van der Waals surface area contributed by atoms with Crippen LogP contribution in [0.4, 0.5) is 4.79 Å². The van der Waals surface area contributed by atoms with E-state index in [0.29, 0.717) is 0 Å². The summed E-state index contributed by atoms with van der Waals surface area (Å²) >= 11 is 0. The molecule has 0 saturated heterocycles. The smallest absolute Gasteiger partial charge is 0.407 e. The third-order valence-electron chi connectivity index (χ3n) is 2.04. The molecule has 0 aromatic carbocycles. The molecule has 0 aliphatic heterocycles. The summed E-state index contributed by atoms with van der Waals surface area (Å²) in [5.41, 5.74) is -0.809. The van der Waals surface area contributed by atoms with Gasteiger partial charge in [-0.05, 0) is 32.9 Å². The number of rotatable bonds is 7. The van der Waals surface area contributed by atoms with Crippen LogP contribution in [-0.4, -0.2) is 63.8 Å². The molecule has 1 aromatic heterocycles. The number of carbonyl (C=O) groups is 2. The molecular weight excluding hydrogens is 308 g/mol. The van der Waals surface area contributed by atoms with Gasteiger partial charge >= 0.3 is 12.1 Å². The minimum absolute atomic E-state index is 0.0139. The van der Waals surface area contributed by atoms with Gasteiger partial charge in [-0.15, -0.1) is 10.2 Å². The van der Waals surface area contributed by atoms with E-state index in [1.54, 1.807) is 27.7 Å². The fourth-order valence-corrected chi connectivity index (χ4v) is 1.25. The number of oxime groups is 1. The Morgan fingerprint density at radius 2 is 2.09 bits per heavy atom. The highest BCUT2D eigenvalue weighted by molar-refractivity contribution is 6.42. The van der Waals surface area contributed by atoms with E-state index in [2.05, 4.69) is 31.1 Å². The maximum absolute atomic E-state index is 11.7. The molecule has 0 fully saturated rings. The van der Waals surface area contributed by atoms with Crippen LogP contribution in [0.15, 0.2) is 5.16 Å². The molecule has 11 nitrogen and oxygen atoms in total. The minimum Gasteiger partial charge on any atom is -0.461 e. The topological polar surface area (TPSA) is 141 Å². The van der Waals surface area contributed by atoms with E-state index in [9.17, 15) is 9.59 Å². The van der Waals surface area contributed by atoms with Crippen molar-refractivity contribution in [1.82, 2.24) is 25.9 Å². The molecule has 0 bridgehead atoms. The Morgan fingerprint density at radius 1 is 1.35 bits per heavy atom. The fourth-order valence-electron chi connectivity index (χ4n) is 1.25. The highest BCUT2D eigenvalue weighted by atomic mass is 16.6. The number of aromatic amines is 1. The van der Waals surface area contributed by atoms with E-state index in [1.807, 2.05) is 0 Å². The van der Waals surface area contributed by atoms with Crippen LogP contribution in [0.25, 0.3) is 0 Å². The van der Waals surface area contributed by atoms with Crippen molar-refractivity contribution in [2.24, 2.45) is 5.16 Å². The summed E-state index contributed by atoms with van der Waals surface area (Å²) in [7, 11) is 0.